The van der Waals surface area contributed by atoms with Gasteiger partial charge < -0.3 is 9.47 Å². The van der Waals surface area contributed by atoms with Gasteiger partial charge in [-0.15, -0.1) is 0 Å². The van der Waals surface area contributed by atoms with Crippen molar-refractivity contribution in [2.45, 2.75) is 38.4 Å². The maximum absolute atomic E-state index is 5.80. The van der Waals surface area contributed by atoms with Crippen LogP contribution >= 0.6 is 0 Å². The van der Waals surface area contributed by atoms with Crippen molar-refractivity contribution >= 4 is 0 Å². The summed E-state index contributed by atoms with van der Waals surface area (Å²) in [5.74, 6) is -0.334. The molecule has 1 aliphatic carbocycles. The zero-order valence-electron chi connectivity index (χ0n) is 8.56. The van der Waals surface area contributed by atoms with Gasteiger partial charge in [-0.3, -0.25) is 0 Å². The Kier molecular flexibility index (Phi) is 2.00. The van der Waals surface area contributed by atoms with Crippen molar-refractivity contribution in [1.82, 2.24) is 0 Å². The molecule has 13 heavy (non-hydrogen) atoms. The Morgan fingerprint density at radius 1 is 1.38 bits per heavy atom. The van der Waals surface area contributed by atoms with Crippen LogP contribution in [0.15, 0.2) is 12.2 Å². The third-order valence-electron chi connectivity index (χ3n) is 3.85. The van der Waals surface area contributed by atoms with E-state index < -0.39 is 0 Å². The van der Waals surface area contributed by atoms with Gasteiger partial charge in [-0.25, -0.2) is 0 Å². The summed E-state index contributed by atoms with van der Waals surface area (Å²) in [5, 5.41) is 0. The minimum absolute atomic E-state index is 0.113. The maximum Gasteiger partial charge on any atom is 0.177 e. The van der Waals surface area contributed by atoms with Crippen molar-refractivity contribution in [2.75, 3.05) is 13.7 Å². The average Bonchev–Trinajstić information content (AvgIpc) is 2.57. The monoisotopic (exact) mass is 182 g/mol. The minimum atomic E-state index is -0.334. The van der Waals surface area contributed by atoms with Crippen molar-refractivity contribution in [1.29, 1.82) is 0 Å². The van der Waals surface area contributed by atoms with E-state index in [0.29, 0.717) is 0 Å². The molecule has 1 saturated carbocycles. The minimum Gasteiger partial charge on any atom is -0.352 e. The summed E-state index contributed by atoms with van der Waals surface area (Å²) in [6.45, 7) is 7.03. The van der Waals surface area contributed by atoms with Crippen LogP contribution in [-0.2, 0) is 9.47 Å². The molecule has 1 heterocycles. The van der Waals surface area contributed by atoms with Crippen LogP contribution < -0.4 is 0 Å². The Morgan fingerprint density at radius 2 is 2.15 bits per heavy atom. The molecule has 0 aromatic heterocycles. The summed E-state index contributed by atoms with van der Waals surface area (Å²) in [4.78, 5) is 0. The van der Waals surface area contributed by atoms with Gasteiger partial charge in [-0.05, 0) is 26.2 Å². The summed E-state index contributed by atoms with van der Waals surface area (Å²) >= 11 is 0. The highest BCUT2D eigenvalue weighted by Gasteiger charge is 2.60. The molecule has 74 valence electrons. The molecule has 2 fully saturated rings. The molecule has 2 heteroatoms. The van der Waals surface area contributed by atoms with Gasteiger partial charge in [0.25, 0.3) is 0 Å². The van der Waals surface area contributed by atoms with E-state index in [9.17, 15) is 0 Å². The van der Waals surface area contributed by atoms with Crippen molar-refractivity contribution in [2.24, 2.45) is 5.41 Å². The van der Waals surface area contributed by atoms with Crippen LogP contribution in [0.3, 0.4) is 0 Å². The summed E-state index contributed by atoms with van der Waals surface area (Å²) in [5.41, 5.74) is 1.34. The predicted octanol–water partition coefficient (Wildman–Crippen LogP) is 2.50. The van der Waals surface area contributed by atoms with Gasteiger partial charge in [-0.2, -0.15) is 0 Å². The lowest BCUT2D eigenvalue weighted by Gasteiger charge is -2.38. The first kappa shape index (κ1) is 9.22. The number of rotatable bonds is 2. The first-order chi connectivity index (χ1) is 6.17. The Hall–Kier alpha value is -0.340. The first-order valence-corrected chi connectivity index (χ1v) is 5.02. The molecule has 0 bridgehead atoms. The molecule has 0 N–H and O–H groups in total. The van der Waals surface area contributed by atoms with Crippen LogP contribution in [0.5, 0.6) is 0 Å². The van der Waals surface area contributed by atoms with Crippen molar-refractivity contribution in [3.63, 3.8) is 0 Å². The van der Waals surface area contributed by atoms with E-state index in [1.165, 1.54) is 18.4 Å². The zero-order valence-corrected chi connectivity index (χ0v) is 8.56. The highest BCUT2D eigenvalue weighted by molar-refractivity contribution is 5.19. The van der Waals surface area contributed by atoms with Gasteiger partial charge >= 0.3 is 0 Å². The molecule has 2 rings (SSSR count). The number of fused-ring (bicyclic) bond motifs is 1. The number of methoxy groups -OCH3 is 1. The van der Waals surface area contributed by atoms with Crippen LogP contribution in [0.4, 0.5) is 0 Å². The normalized spacial score (nSPS) is 43.5. The van der Waals surface area contributed by atoms with Crippen LogP contribution in [0, 0.1) is 5.41 Å². The van der Waals surface area contributed by atoms with Crippen LogP contribution in [0.25, 0.3) is 0 Å². The predicted molar refractivity (Wildman–Crippen MR) is 51.4 cm³/mol. The van der Waals surface area contributed by atoms with Crippen LogP contribution in [-0.4, -0.2) is 19.5 Å². The van der Waals surface area contributed by atoms with E-state index in [2.05, 4.69) is 13.5 Å². The summed E-state index contributed by atoms with van der Waals surface area (Å²) in [7, 11) is 1.76. The molecule has 2 nitrogen and oxygen atoms in total. The van der Waals surface area contributed by atoms with Crippen LogP contribution in [0.1, 0.15) is 32.6 Å². The fourth-order valence-corrected chi connectivity index (χ4v) is 3.08. The summed E-state index contributed by atoms with van der Waals surface area (Å²) in [6, 6.07) is 0. The molecule has 0 spiro atoms. The molecule has 0 aromatic carbocycles. The number of hydrogen-bond donors (Lipinski definition) is 0. The zero-order chi connectivity index (χ0) is 9.53. The van der Waals surface area contributed by atoms with Gasteiger partial charge in [0.1, 0.15) is 0 Å². The Bertz CT molecular complexity index is 222. The van der Waals surface area contributed by atoms with Gasteiger partial charge in [0.05, 0.1) is 6.61 Å². The van der Waals surface area contributed by atoms with E-state index in [1.54, 1.807) is 7.11 Å². The second-order valence-corrected chi connectivity index (χ2v) is 4.27. The third kappa shape index (κ3) is 0.960. The number of ether oxygens (including phenoxy) is 2. The molecule has 2 unspecified atom stereocenters. The largest absolute Gasteiger partial charge is 0.352 e. The second kappa shape index (κ2) is 2.82. The van der Waals surface area contributed by atoms with Gasteiger partial charge in [0.15, 0.2) is 5.79 Å². The Morgan fingerprint density at radius 3 is 2.69 bits per heavy atom. The van der Waals surface area contributed by atoms with Crippen LogP contribution in [0.2, 0.25) is 0 Å². The van der Waals surface area contributed by atoms with Gasteiger partial charge in [0.2, 0.25) is 0 Å². The molecule has 0 aromatic rings. The van der Waals surface area contributed by atoms with E-state index in [0.717, 1.165) is 19.4 Å². The van der Waals surface area contributed by atoms with Crippen molar-refractivity contribution in [3.05, 3.63) is 12.2 Å². The van der Waals surface area contributed by atoms with Crippen molar-refractivity contribution in [3.8, 4) is 0 Å². The summed E-state index contributed by atoms with van der Waals surface area (Å²) in [6.07, 6.45) is 4.48. The molecule has 1 saturated heterocycles. The summed E-state index contributed by atoms with van der Waals surface area (Å²) < 4.78 is 11.4. The van der Waals surface area contributed by atoms with E-state index in [1.807, 2.05) is 0 Å². The molecule has 2 atom stereocenters. The van der Waals surface area contributed by atoms with Gasteiger partial charge in [-0.1, -0.05) is 12.2 Å². The lowest BCUT2D eigenvalue weighted by Crippen LogP contribution is -2.42. The average molecular weight is 182 g/mol. The topological polar surface area (TPSA) is 18.5 Å². The lowest BCUT2D eigenvalue weighted by molar-refractivity contribution is -0.223. The quantitative estimate of drug-likeness (QED) is 0.611. The van der Waals surface area contributed by atoms with E-state index >= 15 is 0 Å². The molecular formula is C11H18O2. The fraction of sp³-hybridized carbons (Fsp3) is 0.818. The van der Waals surface area contributed by atoms with Gasteiger partial charge in [0, 0.05) is 18.9 Å². The lowest BCUT2D eigenvalue weighted by atomic mass is 9.75. The Balaban J connectivity index is 2.39. The highest BCUT2D eigenvalue weighted by atomic mass is 16.7. The molecule has 1 aliphatic heterocycles. The number of hydrogen-bond acceptors (Lipinski definition) is 2. The van der Waals surface area contributed by atoms with Crippen molar-refractivity contribution < 1.29 is 9.47 Å². The molecule has 0 amide bonds. The standard InChI is InChI=1S/C11H18O2/c1-9(2)10-5-4-6-11(10,12-3)13-8-7-10/h1,4-8H2,2-3H3. The highest BCUT2D eigenvalue weighted by Crippen LogP contribution is 2.58. The van der Waals surface area contributed by atoms with E-state index in [-0.39, 0.29) is 11.2 Å². The van der Waals surface area contributed by atoms with E-state index in [4.69, 9.17) is 9.47 Å². The molecule has 0 radical (unpaired) electrons. The second-order valence-electron chi connectivity index (χ2n) is 4.27. The smallest absolute Gasteiger partial charge is 0.177 e. The maximum atomic E-state index is 5.80. The first-order valence-electron chi connectivity index (χ1n) is 5.02. The SMILES string of the molecule is C=C(C)C12CCCC1(OC)OCC2. The molecule has 2 aliphatic rings. The third-order valence-corrected chi connectivity index (χ3v) is 3.85. The molecular weight excluding hydrogens is 164 g/mol. The fourth-order valence-electron chi connectivity index (χ4n) is 3.08. The Labute approximate surface area is 79.9 Å².